The van der Waals surface area contributed by atoms with E-state index in [2.05, 4.69) is 5.32 Å². The van der Waals surface area contributed by atoms with E-state index in [4.69, 9.17) is 16.3 Å². The predicted octanol–water partition coefficient (Wildman–Crippen LogP) is 6.50. The number of carbonyl (C=O) groups excluding carboxylic acids is 2. The number of carboxylic acid groups (broad SMARTS) is 1. The Kier molecular flexibility index (Phi) is 10.1. The van der Waals surface area contributed by atoms with Crippen LogP contribution in [0.25, 0.3) is 0 Å². The second kappa shape index (κ2) is 14.1. The van der Waals surface area contributed by atoms with Gasteiger partial charge in [0.1, 0.15) is 18.4 Å². The lowest BCUT2D eigenvalue weighted by molar-refractivity contribution is -0.137. The van der Waals surface area contributed by atoms with Crippen LogP contribution in [0.1, 0.15) is 34.8 Å². The molecule has 4 aromatic carbocycles. The smallest absolute Gasteiger partial charge is 0.326 e. The normalized spacial score (nSPS) is 11.4. The summed E-state index contributed by atoms with van der Waals surface area (Å²) in [5.74, 6) is -0.636. The molecule has 0 saturated heterocycles. The van der Waals surface area contributed by atoms with Gasteiger partial charge in [0.05, 0.1) is 6.54 Å². The zero-order valence-corrected chi connectivity index (χ0v) is 23.4. The van der Waals surface area contributed by atoms with Crippen molar-refractivity contribution in [3.8, 4) is 5.75 Å². The molecule has 0 fully saturated rings. The quantitative estimate of drug-likeness (QED) is 0.178. The van der Waals surface area contributed by atoms with E-state index in [9.17, 15) is 19.5 Å². The molecule has 1 atom stereocenters. The average molecular weight is 571 g/mol. The molecule has 2 N–H and O–H groups in total. The van der Waals surface area contributed by atoms with Crippen LogP contribution < -0.4 is 15.0 Å². The number of benzene rings is 4. The number of para-hydroxylation sites is 1. The molecular weight excluding hydrogens is 540 g/mol. The lowest BCUT2D eigenvalue weighted by Crippen LogP contribution is -2.34. The number of amides is 1. The molecule has 8 heteroatoms. The molecule has 0 unspecified atom stereocenters. The molecule has 0 saturated carbocycles. The molecule has 0 bridgehead atoms. The summed E-state index contributed by atoms with van der Waals surface area (Å²) >= 11 is 5.98. The largest absolute Gasteiger partial charge is 0.492 e. The van der Waals surface area contributed by atoms with Crippen LogP contribution in [0, 0.1) is 0 Å². The summed E-state index contributed by atoms with van der Waals surface area (Å²) in [6, 6.07) is 29.1. The summed E-state index contributed by atoms with van der Waals surface area (Å²) in [7, 11) is 0. The van der Waals surface area contributed by atoms with Crippen molar-refractivity contribution in [2.45, 2.75) is 25.8 Å². The predicted molar refractivity (Wildman–Crippen MR) is 161 cm³/mol. The van der Waals surface area contributed by atoms with Gasteiger partial charge in [0, 0.05) is 40.4 Å². The maximum Gasteiger partial charge on any atom is 0.326 e. The first-order valence-corrected chi connectivity index (χ1v) is 13.7. The Hall–Kier alpha value is -4.62. The Labute approximate surface area is 244 Å². The van der Waals surface area contributed by atoms with Crippen LogP contribution in [0.4, 0.5) is 11.4 Å². The fraction of sp³-hybridized carbons (Fsp3) is 0.182. The van der Waals surface area contributed by atoms with E-state index in [1.807, 2.05) is 25.1 Å². The fourth-order valence-electron chi connectivity index (χ4n) is 4.36. The van der Waals surface area contributed by atoms with E-state index in [-0.39, 0.29) is 24.7 Å². The van der Waals surface area contributed by atoms with Gasteiger partial charge in [-0.3, -0.25) is 9.59 Å². The minimum Gasteiger partial charge on any atom is -0.492 e. The van der Waals surface area contributed by atoms with Gasteiger partial charge in [0.25, 0.3) is 0 Å². The second-order valence-electron chi connectivity index (χ2n) is 9.35. The maximum absolute atomic E-state index is 13.1. The lowest BCUT2D eigenvalue weighted by Gasteiger charge is -2.22. The number of carbonyl (C=O) groups is 3. The van der Waals surface area contributed by atoms with E-state index < -0.39 is 12.0 Å². The molecule has 0 aliphatic carbocycles. The first-order valence-electron chi connectivity index (χ1n) is 13.3. The Balaban J connectivity index is 1.38. The Morgan fingerprint density at radius 2 is 1.54 bits per heavy atom. The lowest BCUT2D eigenvalue weighted by atomic mass is 10.00. The molecule has 41 heavy (non-hydrogen) atoms. The number of nitrogens with one attached hydrogen (secondary N) is 1. The average Bonchev–Trinajstić information content (AvgIpc) is 3.00. The van der Waals surface area contributed by atoms with Crippen LogP contribution in [0.2, 0.25) is 5.02 Å². The highest BCUT2D eigenvalue weighted by molar-refractivity contribution is 6.30. The van der Waals surface area contributed by atoms with Gasteiger partial charge in [-0.25, -0.2) is 4.79 Å². The molecule has 7 nitrogen and oxygen atoms in total. The van der Waals surface area contributed by atoms with Crippen molar-refractivity contribution >= 4 is 40.6 Å². The van der Waals surface area contributed by atoms with Crippen molar-refractivity contribution in [2.24, 2.45) is 0 Å². The highest BCUT2D eigenvalue weighted by Gasteiger charge is 2.21. The first-order chi connectivity index (χ1) is 19.9. The Bertz CT molecular complexity index is 1470. The van der Waals surface area contributed by atoms with Crippen molar-refractivity contribution in [2.75, 3.05) is 23.4 Å². The van der Waals surface area contributed by atoms with Crippen LogP contribution in [-0.2, 0) is 16.0 Å². The molecule has 210 valence electrons. The number of hydrogen-bond donors (Lipinski definition) is 2. The van der Waals surface area contributed by atoms with Gasteiger partial charge in [0.2, 0.25) is 5.91 Å². The summed E-state index contributed by atoms with van der Waals surface area (Å²) in [5, 5.41) is 13.6. The van der Waals surface area contributed by atoms with E-state index in [1.54, 1.807) is 89.8 Å². The van der Waals surface area contributed by atoms with Gasteiger partial charge in [-0.15, -0.1) is 0 Å². The van der Waals surface area contributed by atoms with Gasteiger partial charge < -0.3 is 20.1 Å². The number of anilines is 2. The highest BCUT2D eigenvalue weighted by Crippen LogP contribution is 2.23. The number of hydrogen-bond acceptors (Lipinski definition) is 5. The first kappa shape index (κ1) is 29.4. The van der Waals surface area contributed by atoms with Gasteiger partial charge in [-0.2, -0.15) is 0 Å². The molecule has 0 radical (unpaired) electrons. The standard InChI is InChI=1S/C33H31ClN2O5/c1-2-31(37)36(26-16-14-25(34)15-17-26)20-21-41-27-18-12-23(13-19-27)22-30(33(39)40)35-29-11-7-6-10-28(29)32(38)24-8-4-3-5-9-24/h3-19,30,35H,2,20-22H2,1H3,(H,39,40)/t30-/m0/s1. The zero-order valence-electron chi connectivity index (χ0n) is 22.6. The zero-order chi connectivity index (χ0) is 29.2. The number of halogens is 1. The number of carboxylic acids is 1. The molecule has 4 aromatic rings. The number of ether oxygens (including phenoxy) is 1. The third-order valence-corrected chi connectivity index (χ3v) is 6.78. The number of nitrogens with zero attached hydrogens (tertiary/aromatic N) is 1. The van der Waals surface area contributed by atoms with Crippen LogP contribution in [0.5, 0.6) is 5.75 Å². The molecule has 0 spiro atoms. The van der Waals surface area contributed by atoms with E-state index in [1.165, 1.54) is 0 Å². The molecule has 0 heterocycles. The second-order valence-corrected chi connectivity index (χ2v) is 9.78. The minimum absolute atomic E-state index is 0.0227. The third-order valence-electron chi connectivity index (χ3n) is 6.52. The summed E-state index contributed by atoms with van der Waals surface area (Å²) in [6.45, 7) is 2.45. The van der Waals surface area contributed by atoms with Crippen LogP contribution in [0.15, 0.2) is 103 Å². The summed E-state index contributed by atoms with van der Waals surface area (Å²) in [4.78, 5) is 39.3. The van der Waals surface area contributed by atoms with Crippen LogP contribution in [0.3, 0.4) is 0 Å². The van der Waals surface area contributed by atoms with E-state index in [0.717, 1.165) is 11.3 Å². The molecule has 0 aliphatic rings. The monoisotopic (exact) mass is 570 g/mol. The Morgan fingerprint density at radius 1 is 0.878 bits per heavy atom. The highest BCUT2D eigenvalue weighted by atomic mass is 35.5. The van der Waals surface area contributed by atoms with Crippen molar-refractivity contribution in [1.29, 1.82) is 0 Å². The SMILES string of the molecule is CCC(=O)N(CCOc1ccc(C[C@H](Nc2ccccc2C(=O)c2ccccc2)C(=O)O)cc1)c1ccc(Cl)cc1. The number of rotatable bonds is 13. The molecule has 1 amide bonds. The summed E-state index contributed by atoms with van der Waals surface area (Å²) in [5.41, 5.74) is 2.93. The Morgan fingerprint density at radius 3 is 2.20 bits per heavy atom. The number of ketones is 1. The van der Waals surface area contributed by atoms with Crippen molar-refractivity contribution in [3.05, 3.63) is 125 Å². The van der Waals surface area contributed by atoms with E-state index in [0.29, 0.717) is 40.6 Å². The van der Waals surface area contributed by atoms with Gasteiger partial charge in [-0.1, -0.05) is 73.1 Å². The topological polar surface area (TPSA) is 95.9 Å². The van der Waals surface area contributed by atoms with Crippen LogP contribution in [-0.4, -0.2) is 42.0 Å². The maximum atomic E-state index is 13.1. The van der Waals surface area contributed by atoms with Gasteiger partial charge in [-0.05, 0) is 54.1 Å². The fourth-order valence-corrected chi connectivity index (χ4v) is 4.49. The van der Waals surface area contributed by atoms with E-state index >= 15 is 0 Å². The molecule has 4 rings (SSSR count). The third kappa shape index (κ3) is 7.96. The van der Waals surface area contributed by atoms with Crippen molar-refractivity contribution in [1.82, 2.24) is 0 Å². The molecule has 0 aromatic heterocycles. The minimum atomic E-state index is -1.03. The van der Waals surface area contributed by atoms with Gasteiger partial charge >= 0.3 is 5.97 Å². The van der Waals surface area contributed by atoms with Crippen molar-refractivity contribution in [3.63, 3.8) is 0 Å². The van der Waals surface area contributed by atoms with Crippen molar-refractivity contribution < 1.29 is 24.2 Å². The number of aliphatic carboxylic acids is 1. The van der Waals surface area contributed by atoms with Crippen LogP contribution >= 0.6 is 11.6 Å². The summed E-state index contributed by atoms with van der Waals surface area (Å²) in [6.07, 6.45) is 0.555. The molecular formula is C33H31ClN2O5. The molecule has 0 aliphatic heterocycles. The summed E-state index contributed by atoms with van der Waals surface area (Å²) < 4.78 is 5.87. The van der Waals surface area contributed by atoms with Gasteiger partial charge in [0.15, 0.2) is 5.78 Å².